The van der Waals surface area contributed by atoms with Crippen LogP contribution in [0.4, 0.5) is 0 Å². The first-order valence-electron chi connectivity index (χ1n) is 8.83. The maximum atomic E-state index is 9.99. The van der Waals surface area contributed by atoms with Gasteiger partial charge in [-0.15, -0.1) is 6.58 Å². The van der Waals surface area contributed by atoms with Crippen LogP contribution in [0.25, 0.3) is 0 Å². The van der Waals surface area contributed by atoms with E-state index >= 15 is 0 Å². The molecule has 3 rings (SSSR count). The van der Waals surface area contributed by atoms with E-state index in [4.69, 9.17) is 0 Å². The van der Waals surface area contributed by atoms with Gasteiger partial charge in [0.2, 0.25) is 0 Å². The summed E-state index contributed by atoms with van der Waals surface area (Å²) in [7, 11) is 0. The number of aliphatic hydroxyl groups excluding tert-OH is 1. The average Bonchev–Trinajstić information content (AvgIpc) is 2.46. The molecule has 0 heterocycles. The number of aliphatic hydroxyl groups is 1. The molecule has 0 spiro atoms. The number of hydrogen-bond acceptors (Lipinski definition) is 1. The van der Waals surface area contributed by atoms with Crippen LogP contribution in [-0.4, -0.2) is 11.7 Å². The van der Waals surface area contributed by atoms with E-state index in [0.717, 1.165) is 5.92 Å². The highest BCUT2D eigenvalue weighted by atomic mass is 16.3. The monoisotopic (exact) mass is 288 g/mol. The Bertz CT molecular complexity index is 464. The molecule has 0 saturated heterocycles. The Morgan fingerprint density at radius 2 is 2.00 bits per heavy atom. The van der Waals surface area contributed by atoms with Crippen molar-refractivity contribution in [2.24, 2.45) is 28.1 Å². The lowest BCUT2D eigenvalue weighted by Gasteiger charge is -2.60. The number of hydrogen-bond donors (Lipinski definition) is 1. The van der Waals surface area contributed by atoms with Crippen molar-refractivity contribution in [2.75, 3.05) is 6.61 Å². The van der Waals surface area contributed by atoms with Crippen molar-refractivity contribution in [1.82, 2.24) is 0 Å². The largest absolute Gasteiger partial charge is 0.396 e. The summed E-state index contributed by atoms with van der Waals surface area (Å²) in [6.07, 6.45) is 13.6. The first kappa shape index (κ1) is 15.3. The molecule has 0 radical (unpaired) electrons. The van der Waals surface area contributed by atoms with Gasteiger partial charge >= 0.3 is 0 Å². The van der Waals surface area contributed by atoms with Crippen molar-refractivity contribution in [1.29, 1.82) is 0 Å². The molecular weight excluding hydrogens is 256 g/mol. The Morgan fingerprint density at radius 1 is 1.24 bits per heavy atom. The summed E-state index contributed by atoms with van der Waals surface area (Å²) in [4.78, 5) is 0. The summed E-state index contributed by atoms with van der Waals surface area (Å²) in [6.45, 7) is 11.6. The van der Waals surface area contributed by atoms with E-state index in [9.17, 15) is 5.11 Å². The molecule has 0 aliphatic heterocycles. The fraction of sp³-hybridized carbons (Fsp3) is 0.800. The summed E-state index contributed by atoms with van der Waals surface area (Å²) < 4.78 is 0. The lowest BCUT2D eigenvalue weighted by molar-refractivity contribution is -0.0892. The Kier molecular flexibility index (Phi) is 3.64. The minimum Gasteiger partial charge on any atom is -0.396 e. The predicted molar refractivity (Wildman–Crippen MR) is 89.0 cm³/mol. The van der Waals surface area contributed by atoms with Crippen LogP contribution in [-0.2, 0) is 0 Å². The van der Waals surface area contributed by atoms with E-state index in [1.165, 1.54) is 44.9 Å². The van der Waals surface area contributed by atoms with E-state index in [1.54, 1.807) is 5.57 Å². The number of rotatable bonds is 2. The van der Waals surface area contributed by atoms with Gasteiger partial charge in [-0.2, -0.15) is 0 Å². The van der Waals surface area contributed by atoms with Gasteiger partial charge in [0.25, 0.3) is 0 Å². The molecule has 0 amide bonds. The van der Waals surface area contributed by atoms with E-state index in [-0.39, 0.29) is 10.8 Å². The molecule has 1 N–H and O–H groups in total. The second-order valence-electron chi connectivity index (χ2n) is 8.78. The summed E-state index contributed by atoms with van der Waals surface area (Å²) in [6, 6.07) is 0. The Morgan fingerprint density at radius 3 is 2.67 bits per heavy atom. The Balaban J connectivity index is 1.96. The van der Waals surface area contributed by atoms with Gasteiger partial charge in [-0.3, -0.25) is 0 Å². The molecule has 2 saturated carbocycles. The van der Waals surface area contributed by atoms with Gasteiger partial charge in [-0.05, 0) is 61.2 Å². The van der Waals surface area contributed by atoms with E-state index in [0.29, 0.717) is 17.9 Å². The average molecular weight is 288 g/mol. The van der Waals surface area contributed by atoms with E-state index < -0.39 is 0 Å². The van der Waals surface area contributed by atoms with Crippen molar-refractivity contribution in [2.45, 2.75) is 65.7 Å². The molecule has 0 aromatic rings. The lowest BCUT2D eigenvalue weighted by Crippen LogP contribution is -2.52. The summed E-state index contributed by atoms with van der Waals surface area (Å²) in [5, 5.41) is 9.99. The highest BCUT2D eigenvalue weighted by Gasteiger charge is 2.55. The number of fused-ring (bicyclic) bond motifs is 3. The van der Waals surface area contributed by atoms with Gasteiger partial charge in [0.05, 0.1) is 0 Å². The first-order chi connectivity index (χ1) is 9.87. The molecule has 1 nitrogen and oxygen atoms in total. The summed E-state index contributed by atoms with van der Waals surface area (Å²) in [5.41, 5.74) is 2.47. The topological polar surface area (TPSA) is 20.2 Å². The van der Waals surface area contributed by atoms with E-state index in [1.807, 2.05) is 0 Å². The molecule has 3 aliphatic rings. The molecule has 21 heavy (non-hydrogen) atoms. The maximum absolute atomic E-state index is 9.99. The molecule has 5 atom stereocenters. The zero-order valence-corrected chi connectivity index (χ0v) is 14.1. The summed E-state index contributed by atoms with van der Waals surface area (Å²) in [5.74, 6) is 1.44. The molecule has 118 valence electrons. The molecule has 0 aromatic heterocycles. The van der Waals surface area contributed by atoms with Gasteiger partial charge in [-0.25, -0.2) is 0 Å². The maximum Gasteiger partial charge on any atom is 0.0487 e. The standard InChI is InChI=1S/C20H32O/c1-5-18(2)12-9-16-15(13-18)7-8-17-19(3,14-21)10-6-11-20(16,17)4/h5,13,16-17,21H,1,6-12,14H2,2-4H3/t16-,17-,18-,19-,20+/m0/s1. The van der Waals surface area contributed by atoms with Gasteiger partial charge in [0, 0.05) is 12.0 Å². The Hall–Kier alpha value is -0.560. The second-order valence-corrected chi connectivity index (χ2v) is 8.78. The van der Waals surface area contributed by atoms with Crippen molar-refractivity contribution >= 4 is 0 Å². The van der Waals surface area contributed by atoms with Crippen LogP contribution >= 0.6 is 0 Å². The quantitative estimate of drug-likeness (QED) is 0.700. The smallest absolute Gasteiger partial charge is 0.0487 e. The fourth-order valence-corrected chi connectivity index (χ4v) is 6.01. The third kappa shape index (κ3) is 2.23. The van der Waals surface area contributed by atoms with Crippen LogP contribution in [0.5, 0.6) is 0 Å². The SMILES string of the molecule is C=C[C@]1(C)C=C2CC[C@H]3[C@](C)(CO)CCC[C@]3(C)[C@H]2CC1. The van der Waals surface area contributed by atoms with Crippen LogP contribution in [0.3, 0.4) is 0 Å². The normalized spacial score (nSPS) is 49.8. The van der Waals surface area contributed by atoms with Gasteiger partial charge in [0.15, 0.2) is 0 Å². The van der Waals surface area contributed by atoms with Crippen molar-refractivity contribution in [3.05, 3.63) is 24.3 Å². The Labute approximate surface area is 130 Å². The predicted octanol–water partition coefficient (Wildman–Crippen LogP) is 5.11. The number of allylic oxidation sites excluding steroid dienone is 3. The van der Waals surface area contributed by atoms with Crippen molar-refractivity contribution in [3.8, 4) is 0 Å². The van der Waals surface area contributed by atoms with Crippen LogP contribution in [0.15, 0.2) is 24.3 Å². The lowest BCUT2D eigenvalue weighted by atomic mass is 9.45. The van der Waals surface area contributed by atoms with Crippen molar-refractivity contribution in [3.63, 3.8) is 0 Å². The molecule has 1 heteroatoms. The van der Waals surface area contributed by atoms with Crippen LogP contribution in [0.2, 0.25) is 0 Å². The van der Waals surface area contributed by atoms with Crippen LogP contribution in [0.1, 0.15) is 65.7 Å². The third-order valence-electron chi connectivity index (χ3n) is 7.38. The molecule has 2 fully saturated rings. The van der Waals surface area contributed by atoms with Gasteiger partial charge < -0.3 is 5.11 Å². The minimum atomic E-state index is 0.151. The van der Waals surface area contributed by atoms with Gasteiger partial charge in [0.1, 0.15) is 0 Å². The van der Waals surface area contributed by atoms with Gasteiger partial charge in [-0.1, -0.05) is 44.9 Å². The highest BCUT2D eigenvalue weighted by molar-refractivity contribution is 5.26. The second kappa shape index (κ2) is 4.98. The highest BCUT2D eigenvalue weighted by Crippen LogP contribution is 2.63. The molecule has 0 aromatic carbocycles. The van der Waals surface area contributed by atoms with Crippen LogP contribution < -0.4 is 0 Å². The minimum absolute atomic E-state index is 0.151. The molecule has 3 aliphatic carbocycles. The fourth-order valence-electron chi connectivity index (χ4n) is 6.01. The first-order valence-corrected chi connectivity index (χ1v) is 8.83. The zero-order chi connectivity index (χ0) is 15.3. The molecule has 0 unspecified atom stereocenters. The third-order valence-corrected chi connectivity index (χ3v) is 7.38. The zero-order valence-electron chi connectivity index (χ0n) is 14.1. The molecular formula is C20H32O. The van der Waals surface area contributed by atoms with Crippen molar-refractivity contribution < 1.29 is 5.11 Å². The summed E-state index contributed by atoms with van der Waals surface area (Å²) >= 11 is 0. The van der Waals surface area contributed by atoms with Crippen LogP contribution in [0, 0.1) is 28.1 Å². The van der Waals surface area contributed by atoms with E-state index in [2.05, 4.69) is 39.5 Å². The molecule has 0 bridgehead atoms.